The van der Waals surface area contributed by atoms with Crippen LogP contribution in [-0.4, -0.2) is 26.6 Å². The standard InChI is InChI=1S/C16H12N4O7/c21-14(10-4-2-1-3-5-10)9-15(22)16(23)18-17-12-7-6-11(19(24)25)8-13(12)20(26)27/h1-9,17,21H,(H,18,23)/b14-9-. The Morgan fingerprint density at radius 3 is 2.26 bits per heavy atom. The third-order valence-electron chi connectivity index (χ3n) is 3.26. The summed E-state index contributed by atoms with van der Waals surface area (Å²) in [6, 6.07) is 10.7. The number of aliphatic hydroxyl groups excluding tert-OH is 1. The fraction of sp³-hybridized carbons (Fsp3) is 0. The van der Waals surface area contributed by atoms with Crippen molar-refractivity contribution in [2.75, 3.05) is 5.43 Å². The van der Waals surface area contributed by atoms with E-state index in [-0.39, 0.29) is 5.69 Å². The quantitative estimate of drug-likeness (QED) is 0.218. The summed E-state index contributed by atoms with van der Waals surface area (Å²) in [5, 5.41) is 31.5. The zero-order chi connectivity index (χ0) is 20.0. The highest BCUT2D eigenvalue weighted by atomic mass is 16.6. The number of rotatable bonds is 7. The summed E-state index contributed by atoms with van der Waals surface area (Å²) in [7, 11) is 0. The monoisotopic (exact) mass is 372 g/mol. The second-order valence-electron chi connectivity index (χ2n) is 5.05. The Morgan fingerprint density at radius 2 is 1.67 bits per heavy atom. The highest BCUT2D eigenvalue weighted by molar-refractivity contribution is 6.41. The number of carbonyl (C=O) groups is 2. The fourth-order valence-electron chi connectivity index (χ4n) is 1.96. The number of hydrazine groups is 1. The van der Waals surface area contributed by atoms with Gasteiger partial charge in [-0.25, -0.2) is 0 Å². The predicted molar refractivity (Wildman–Crippen MR) is 93.6 cm³/mol. The summed E-state index contributed by atoms with van der Waals surface area (Å²) in [6.07, 6.45) is 0.691. The van der Waals surface area contributed by atoms with Crippen molar-refractivity contribution in [2.24, 2.45) is 0 Å². The molecule has 3 N–H and O–H groups in total. The van der Waals surface area contributed by atoms with E-state index >= 15 is 0 Å². The Morgan fingerprint density at radius 1 is 1.00 bits per heavy atom. The van der Waals surface area contributed by atoms with Gasteiger partial charge < -0.3 is 5.11 Å². The van der Waals surface area contributed by atoms with Gasteiger partial charge in [-0.15, -0.1) is 0 Å². The van der Waals surface area contributed by atoms with Crippen LogP contribution in [0, 0.1) is 20.2 Å². The second kappa shape index (κ2) is 8.20. The number of hydrogen-bond donors (Lipinski definition) is 3. The number of nitro groups is 2. The molecule has 2 rings (SSSR count). The van der Waals surface area contributed by atoms with Crippen LogP contribution in [0.1, 0.15) is 5.56 Å². The second-order valence-corrected chi connectivity index (χ2v) is 5.05. The van der Waals surface area contributed by atoms with E-state index in [0.717, 1.165) is 12.1 Å². The van der Waals surface area contributed by atoms with Crippen LogP contribution in [0.25, 0.3) is 5.76 Å². The molecule has 0 aliphatic rings. The molecular weight excluding hydrogens is 360 g/mol. The first kappa shape index (κ1) is 19.1. The van der Waals surface area contributed by atoms with Gasteiger partial charge in [-0.2, -0.15) is 0 Å². The zero-order valence-corrected chi connectivity index (χ0v) is 13.5. The summed E-state index contributed by atoms with van der Waals surface area (Å²) < 4.78 is 0. The molecular formula is C16H12N4O7. The number of ketones is 1. The molecule has 0 saturated heterocycles. The highest BCUT2D eigenvalue weighted by Crippen LogP contribution is 2.28. The molecule has 2 aromatic carbocycles. The minimum absolute atomic E-state index is 0.261. The first-order valence-electron chi connectivity index (χ1n) is 7.29. The number of amides is 1. The van der Waals surface area contributed by atoms with E-state index in [1.807, 2.05) is 5.43 Å². The summed E-state index contributed by atoms with van der Waals surface area (Å²) in [4.78, 5) is 43.6. The maximum atomic E-state index is 11.8. The Hall–Kier alpha value is -4.28. The lowest BCUT2D eigenvalue weighted by Crippen LogP contribution is -2.34. The molecule has 2 aromatic rings. The van der Waals surface area contributed by atoms with Crippen LogP contribution in [0.15, 0.2) is 54.6 Å². The SMILES string of the molecule is O=C(/C=C(\O)c1ccccc1)C(=O)NNc1ccc([N+](=O)[O-])cc1[N+](=O)[O-]. The fourth-order valence-corrected chi connectivity index (χ4v) is 1.96. The molecule has 138 valence electrons. The minimum Gasteiger partial charge on any atom is -0.507 e. The van der Waals surface area contributed by atoms with Gasteiger partial charge in [0.2, 0.25) is 5.78 Å². The molecule has 0 saturated carbocycles. The number of hydrogen-bond acceptors (Lipinski definition) is 8. The first-order valence-corrected chi connectivity index (χ1v) is 7.29. The molecule has 0 bridgehead atoms. The number of nitro benzene ring substituents is 2. The molecule has 0 unspecified atom stereocenters. The van der Waals surface area contributed by atoms with E-state index in [9.17, 15) is 34.9 Å². The number of carbonyl (C=O) groups excluding carboxylic acids is 2. The molecule has 0 spiro atoms. The number of anilines is 1. The van der Waals surface area contributed by atoms with E-state index in [1.54, 1.807) is 18.2 Å². The largest absolute Gasteiger partial charge is 0.507 e. The third kappa shape index (κ3) is 4.85. The van der Waals surface area contributed by atoms with E-state index in [2.05, 4.69) is 5.43 Å². The molecule has 27 heavy (non-hydrogen) atoms. The molecule has 0 radical (unpaired) electrons. The maximum Gasteiger partial charge on any atom is 0.310 e. The van der Waals surface area contributed by atoms with Gasteiger partial charge in [-0.3, -0.25) is 40.7 Å². The lowest BCUT2D eigenvalue weighted by Gasteiger charge is -2.07. The van der Waals surface area contributed by atoms with Crippen LogP contribution < -0.4 is 10.9 Å². The first-order chi connectivity index (χ1) is 12.8. The Balaban J connectivity index is 2.10. The number of non-ortho nitro benzene ring substituents is 1. The normalized spacial score (nSPS) is 10.7. The smallest absolute Gasteiger partial charge is 0.310 e. The minimum atomic E-state index is -1.20. The van der Waals surface area contributed by atoms with Gasteiger partial charge in [0.15, 0.2) is 0 Å². The summed E-state index contributed by atoms with van der Waals surface area (Å²) in [5.41, 5.74) is 2.97. The Kier molecular flexibility index (Phi) is 5.79. The van der Waals surface area contributed by atoms with Crippen molar-refractivity contribution in [1.29, 1.82) is 0 Å². The van der Waals surface area contributed by atoms with Crippen molar-refractivity contribution < 1.29 is 24.5 Å². The average Bonchev–Trinajstić information content (AvgIpc) is 2.66. The zero-order valence-electron chi connectivity index (χ0n) is 13.5. The van der Waals surface area contributed by atoms with Gasteiger partial charge in [-0.05, 0) is 6.07 Å². The van der Waals surface area contributed by atoms with Crippen LogP contribution in [0.4, 0.5) is 17.1 Å². The molecule has 0 heterocycles. The van der Waals surface area contributed by atoms with Gasteiger partial charge in [0, 0.05) is 17.7 Å². The van der Waals surface area contributed by atoms with Crippen LogP contribution >= 0.6 is 0 Å². The molecule has 0 atom stereocenters. The van der Waals surface area contributed by atoms with Crippen molar-refractivity contribution in [3.63, 3.8) is 0 Å². The summed E-state index contributed by atoms with van der Waals surface area (Å²) >= 11 is 0. The van der Waals surface area contributed by atoms with Crippen molar-refractivity contribution >= 4 is 34.5 Å². The van der Waals surface area contributed by atoms with Crippen LogP contribution in [-0.2, 0) is 9.59 Å². The lowest BCUT2D eigenvalue weighted by atomic mass is 10.1. The van der Waals surface area contributed by atoms with Crippen LogP contribution in [0.5, 0.6) is 0 Å². The Labute approximate surface area is 151 Å². The van der Waals surface area contributed by atoms with Crippen molar-refractivity contribution in [2.45, 2.75) is 0 Å². The van der Waals surface area contributed by atoms with Gasteiger partial charge in [-0.1, -0.05) is 30.3 Å². The molecule has 0 aromatic heterocycles. The number of benzene rings is 2. The topological polar surface area (TPSA) is 165 Å². The van der Waals surface area contributed by atoms with Gasteiger partial charge in [0.1, 0.15) is 11.4 Å². The molecule has 11 nitrogen and oxygen atoms in total. The summed E-state index contributed by atoms with van der Waals surface area (Å²) in [6.45, 7) is 0. The molecule has 0 aliphatic heterocycles. The lowest BCUT2D eigenvalue weighted by molar-refractivity contribution is -0.393. The van der Waals surface area contributed by atoms with Crippen molar-refractivity contribution in [3.05, 3.63) is 80.4 Å². The van der Waals surface area contributed by atoms with Crippen molar-refractivity contribution in [1.82, 2.24) is 5.43 Å². The number of nitrogens with one attached hydrogen (secondary N) is 2. The van der Waals surface area contributed by atoms with E-state index in [4.69, 9.17) is 0 Å². The predicted octanol–water partition coefficient (Wildman–Crippen LogP) is 2.11. The maximum absolute atomic E-state index is 11.8. The van der Waals surface area contributed by atoms with Crippen LogP contribution in [0.2, 0.25) is 0 Å². The van der Waals surface area contributed by atoms with Gasteiger partial charge >= 0.3 is 11.6 Å². The highest BCUT2D eigenvalue weighted by Gasteiger charge is 2.20. The summed E-state index contributed by atoms with van der Waals surface area (Å²) in [5.74, 6) is -2.75. The van der Waals surface area contributed by atoms with Gasteiger partial charge in [0.05, 0.1) is 15.9 Å². The molecule has 0 fully saturated rings. The van der Waals surface area contributed by atoms with E-state index in [0.29, 0.717) is 17.7 Å². The van der Waals surface area contributed by atoms with E-state index < -0.39 is 38.7 Å². The number of nitrogens with zero attached hydrogens (tertiary/aromatic N) is 2. The van der Waals surface area contributed by atoms with Crippen molar-refractivity contribution in [3.8, 4) is 0 Å². The molecule has 1 amide bonds. The Bertz CT molecular complexity index is 941. The average molecular weight is 372 g/mol. The number of aliphatic hydroxyl groups is 1. The molecule has 0 aliphatic carbocycles. The third-order valence-corrected chi connectivity index (χ3v) is 3.26. The van der Waals surface area contributed by atoms with E-state index in [1.165, 1.54) is 12.1 Å². The van der Waals surface area contributed by atoms with Gasteiger partial charge in [0.25, 0.3) is 5.69 Å². The van der Waals surface area contributed by atoms with Crippen LogP contribution in [0.3, 0.4) is 0 Å². The molecule has 11 heteroatoms.